The van der Waals surface area contributed by atoms with Crippen LogP contribution in [-0.2, 0) is 10.1 Å². The van der Waals surface area contributed by atoms with E-state index in [4.69, 9.17) is 13.0 Å². The van der Waals surface area contributed by atoms with Gasteiger partial charge in [-0.15, -0.1) is 0 Å². The minimum Gasteiger partial charge on any atom is -0.741 e. The van der Waals surface area contributed by atoms with Crippen molar-refractivity contribution in [3.05, 3.63) is 0 Å². The van der Waals surface area contributed by atoms with Crippen molar-refractivity contribution in [1.29, 1.82) is 0 Å². The number of unbranched alkanes of at least 4 members (excludes halogenated alkanes) is 2. The van der Waals surface area contributed by atoms with Crippen LogP contribution >= 0.6 is 0 Å². The molecule has 0 aromatic heterocycles. The van der Waals surface area contributed by atoms with Crippen LogP contribution in [0.25, 0.3) is 0 Å². The number of rotatable bonds is 5. The van der Waals surface area contributed by atoms with Gasteiger partial charge in [-0.1, -0.05) is 13.3 Å². The number of hydrogen-bond donors (Lipinski definition) is 0. The first-order valence-electron chi connectivity index (χ1n) is 7.45. The second kappa shape index (κ2) is 8.95. The molecule has 4 nitrogen and oxygen atoms in total. The highest BCUT2D eigenvalue weighted by atomic mass is 32.2. The van der Waals surface area contributed by atoms with Gasteiger partial charge >= 0.3 is 5.51 Å². The van der Waals surface area contributed by atoms with Gasteiger partial charge in [-0.25, -0.2) is 8.42 Å². The Morgan fingerprint density at radius 3 is 1.86 bits per heavy atom. The molecule has 0 aliphatic carbocycles. The topological polar surface area (TPSA) is 57.2 Å². The van der Waals surface area contributed by atoms with Crippen molar-refractivity contribution < 1.29 is 30.6 Å². The number of quaternary nitrogens is 1. The lowest BCUT2D eigenvalue weighted by molar-refractivity contribution is -0.931. The van der Waals surface area contributed by atoms with Crippen LogP contribution in [0.5, 0.6) is 0 Å². The van der Waals surface area contributed by atoms with E-state index in [1.54, 1.807) is 0 Å². The summed E-state index contributed by atoms with van der Waals surface area (Å²) in [5, 5.41) is 0. The van der Waals surface area contributed by atoms with E-state index in [1.165, 1.54) is 69.2 Å². The maximum Gasteiger partial charge on any atom is 0.485 e. The molecule has 1 aliphatic rings. The highest BCUT2D eigenvalue weighted by Crippen LogP contribution is 2.20. The average molecular weight is 333 g/mol. The number of hydrogen-bond acceptors (Lipinski definition) is 3. The van der Waals surface area contributed by atoms with Crippen LogP contribution in [0.15, 0.2) is 0 Å². The molecule has 1 rings (SSSR count). The number of alkyl halides is 3. The molecule has 8 heteroatoms. The van der Waals surface area contributed by atoms with E-state index in [-0.39, 0.29) is 0 Å². The zero-order valence-electron chi connectivity index (χ0n) is 12.8. The summed E-state index contributed by atoms with van der Waals surface area (Å²) in [5.74, 6) is 0. The molecule has 1 fully saturated rings. The van der Waals surface area contributed by atoms with E-state index >= 15 is 0 Å². The van der Waals surface area contributed by atoms with Gasteiger partial charge in [-0.05, 0) is 39.0 Å². The van der Waals surface area contributed by atoms with Crippen LogP contribution in [0.4, 0.5) is 13.2 Å². The number of nitrogens with zero attached hydrogens (tertiary/aromatic N) is 1. The molecule has 21 heavy (non-hydrogen) atoms. The van der Waals surface area contributed by atoms with Crippen molar-refractivity contribution >= 4 is 10.1 Å². The predicted molar refractivity (Wildman–Crippen MR) is 74.5 cm³/mol. The van der Waals surface area contributed by atoms with Crippen molar-refractivity contribution in [3.63, 3.8) is 0 Å². The molecule has 128 valence electrons. The van der Waals surface area contributed by atoms with Crippen LogP contribution in [0, 0.1) is 0 Å². The summed E-state index contributed by atoms with van der Waals surface area (Å²) in [6.07, 6.45) is 8.67. The van der Waals surface area contributed by atoms with Crippen LogP contribution in [-0.4, -0.2) is 49.1 Å². The van der Waals surface area contributed by atoms with Crippen molar-refractivity contribution in [2.75, 3.05) is 26.2 Å². The molecule has 0 amide bonds. The SMILES string of the molecule is CCCCC[N+]1(CC)CCCCC1.O=S(=O)([O-])C(F)(F)F. The average Bonchev–Trinajstić information content (AvgIpc) is 2.38. The van der Waals surface area contributed by atoms with Gasteiger partial charge in [-0.3, -0.25) is 0 Å². The zero-order chi connectivity index (χ0) is 16.6. The van der Waals surface area contributed by atoms with Gasteiger partial charge in [0.05, 0.1) is 26.2 Å². The highest BCUT2D eigenvalue weighted by molar-refractivity contribution is 7.86. The molecule has 0 saturated carbocycles. The lowest BCUT2D eigenvalue weighted by Crippen LogP contribution is -2.51. The molecule has 1 saturated heterocycles. The summed E-state index contributed by atoms with van der Waals surface area (Å²) in [5.41, 5.74) is -5.65. The third-order valence-electron chi connectivity index (χ3n) is 3.96. The van der Waals surface area contributed by atoms with E-state index < -0.39 is 15.6 Å². The first-order valence-corrected chi connectivity index (χ1v) is 8.86. The van der Waals surface area contributed by atoms with E-state index in [2.05, 4.69) is 13.8 Å². The zero-order valence-corrected chi connectivity index (χ0v) is 13.6. The van der Waals surface area contributed by atoms with Gasteiger partial charge in [0.15, 0.2) is 10.1 Å². The molecule has 0 N–H and O–H groups in total. The highest BCUT2D eigenvalue weighted by Gasteiger charge is 2.36. The summed E-state index contributed by atoms with van der Waals surface area (Å²) in [6.45, 7) is 10.4. The Morgan fingerprint density at radius 1 is 1.05 bits per heavy atom. The van der Waals surface area contributed by atoms with Gasteiger partial charge in [-0.2, -0.15) is 13.2 Å². The van der Waals surface area contributed by atoms with E-state index in [9.17, 15) is 13.2 Å². The summed E-state index contributed by atoms with van der Waals surface area (Å²) < 4.78 is 60.3. The molecule has 0 spiro atoms. The molecular weight excluding hydrogens is 307 g/mol. The molecule has 1 heterocycles. The second-order valence-electron chi connectivity index (χ2n) is 5.50. The molecule has 1 aliphatic heterocycles. The minimum absolute atomic E-state index is 1.36. The molecule has 0 atom stereocenters. The van der Waals surface area contributed by atoms with Crippen molar-refractivity contribution in [3.8, 4) is 0 Å². The summed E-state index contributed by atoms with van der Waals surface area (Å²) in [7, 11) is -6.09. The quantitative estimate of drug-likeness (QED) is 0.336. The van der Waals surface area contributed by atoms with Gasteiger partial charge in [0.25, 0.3) is 0 Å². The standard InChI is InChI=1S/C12H26N.CHF3O3S/c1-3-5-7-10-13(4-2)11-8-6-9-12-13;2-1(3,4)8(5,6)7/h3-12H2,1-2H3;(H,5,6,7)/q+1;/p-1. The van der Waals surface area contributed by atoms with Crippen molar-refractivity contribution in [2.24, 2.45) is 0 Å². The lowest BCUT2D eigenvalue weighted by atomic mass is 10.1. The molecule has 0 bridgehead atoms. The van der Waals surface area contributed by atoms with E-state index in [1.807, 2.05) is 0 Å². The predicted octanol–water partition coefficient (Wildman–Crippen LogP) is 3.25. The van der Waals surface area contributed by atoms with Gasteiger partial charge < -0.3 is 9.04 Å². The van der Waals surface area contributed by atoms with Gasteiger partial charge in [0.2, 0.25) is 0 Å². The van der Waals surface area contributed by atoms with Gasteiger partial charge in [0, 0.05) is 0 Å². The molecule has 0 radical (unpaired) electrons. The summed E-state index contributed by atoms with van der Waals surface area (Å²) in [6, 6.07) is 0. The number of likely N-dealkylation sites (tertiary alicyclic amines) is 1. The Morgan fingerprint density at radius 2 is 1.52 bits per heavy atom. The van der Waals surface area contributed by atoms with Crippen LogP contribution in [0.2, 0.25) is 0 Å². The van der Waals surface area contributed by atoms with Crippen LogP contribution in [0.1, 0.15) is 52.4 Å². The Bertz CT molecular complexity index is 377. The van der Waals surface area contributed by atoms with Crippen molar-refractivity contribution in [1.82, 2.24) is 0 Å². The molecular formula is C13H26F3NO3S. The summed E-state index contributed by atoms with van der Waals surface area (Å²) >= 11 is 0. The largest absolute Gasteiger partial charge is 0.741 e. The van der Waals surface area contributed by atoms with Crippen LogP contribution in [0.3, 0.4) is 0 Å². The molecule has 0 unspecified atom stereocenters. The van der Waals surface area contributed by atoms with Crippen molar-refractivity contribution in [2.45, 2.75) is 57.9 Å². The third kappa shape index (κ3) is 8.01. The number of piperidine rings is 1. The fraction of sp³-hybridized carbons (Fsp3) is 1.00. The Labute approximate surface area is 125 Å². The fourth-order valence-electron chi connectivity index (χ4n) is 2.58. The minimum atomic E-state index is -6.09. The molecule has 0 aromatic carbocycles. The smallest absolute Gasteiger partial charge is 0.485 e. The second-order valence-corrected chi connectivity index (χ2v) is 6.87. The molecule has 0 aromatic rings. The van der Waals surface area contributed by atoms with Gasteiger partial charge in [0.1, 0.15) is 0 Å². The first kappa shape index (κ1) is 20.7. The Kier molecular flexibility index (Phi) is 8.80. The number of halogens is 3. The summed E-state index contributed by atoms with van der Waals surface area (Å²) in [4.78, 5) is 0. The first-order chi connectivity index (χ1) is 9.58. The van der Waals surface area contributed by atoms with E-state index in [0.717, 1.165) is 0 Å². The third-order valence-corrected chi connectivity index (χ3v) is 4.52. The Hall–Kier alpha value is -0.340. The van der Waals surface area contributed by atoms with E-state index in [0.29, 0.717) is 0 Å². The maximum atomic E-state index is 10.7. The monoisotopic (exact) mass is 333 g/mol. The Balaban J connectivity index is 0.000000433. The fourth-order valence-corrected chi connectivity index (χ4v) is 2.58. The van der Waals surface area contributed by atoms with Crippen LogP contribution < -0.4 is 0 Å². The lowest BCUT2D eigenvalue weighted by Gasteiger charge is -2.41. The maximum absolute atomic E-state index is 10.7. The normalized spacial score (nSPS) is 18.8.